The van der Waals surface area contributed by atoms with E-state index in [4.69, 9.17) is 4.43 Å². The van der Waals surface area contributed by atoms with Crippen LogP contribution in [0.3, 0.4) is 0 Å². The second-order valence-corrected chi connectivity index (χ2v) is 15.3. The van der Waals surface area contributed by atoms with Crippen LogP contribution in [-0.2, 0) is 9.22 Å². The average Bonchev–Trinajstić information content (AvgIpc) is 2.86. The Balaban J connectivity index is 1.62. The SMILES string of the molecule is CC[C@]1(O[Si](C)(C)C)CC[C@H]2[C@@H]3CCC4=CC(=O)CC[C@@H]4[C@H]3CC[C@@]21C. The van der Waals surface area contributed by atoms with E-state index in [0.717, 1.165) is 30.6 Å². The maximum Gasteiger partial charge on any atom is 0.184 e. The first-order valence-corrected chi connectivity index (χ1v) is 14.5. The molecule has 0 heterocycles. The number of rotatable bonds is 3. The largest absolute Gasteiger partial charge is 0.412 e. The maximum absolute atomic E-state index is 11.9. The Labute approximate surface area is 161 Å². The summed E-state index contributed by atoms with van der Waals surface area (Å²) < 4.78 is 6.99. The zero-order valence-corrected chi connectivity index (χ0v) is 18.6. The molecule has 0 aromatic carbocycles. The molecule has 0 aliphatic heterocycles. The lowest BCUT2D eigenvalue weighted by Crippen LogP contribution is -2.56. The van der Waals surface area contributed by atoms with Crippen LogP contribution in [0.1, 0.15) is 71.6 Å². The standard InChI is InChI=1S/C23H38O2Si/c1-6-23(25-26(3,4)5)14-12-21-20-9-7-16-15-17(24)8-10-18(16)19(20)11-13-22(21,23)2/h15,18-21H,6-14H2,1-5H3/t18-,19+,20+,21-,22-,23-/m0/s1. The average molecular weight is 375 g/mol. The Morgan fingerprint density at radius 1 is 1.08 bits per heavy atom. The van der Waals surface area contributed by atoms with Crippen molar-refractivity contribution in [2.24, 2.45) is 29.1 Å². The van der Waals surface area contributed by atoms with E-state index < -0.39 is 8.32 Å². The number of hydrogen-bond acceptors (Lipinski definition) is 2. The Morgan fingerprint density at radius 2 is 1.85 bits per heavy atom. The second-order valence-electron chi connectivity index (χ2n) is 10.9. The number of ketones is 1. The molecule has 6 atom stereocenters. The summed E-state index contributed by atoms with van der Waals surface area (Å²) >= 11 is 0. The van der Waals surface area contributed by atoms with Crippen LogP contribution in [0.2, 0.25) is 19.6 Å². The van der Waals surface area contributed by atoms with Crippen LogP contribution in [0.5, 0.6) is 0 Å². The summed E-state index contributed by atoms with van der Waals surface area (Å²) in [6.45, 7) is 12.0. The van der Waals surface area contributed by atoms with E-state index in [-0.39, 0.29) is 5.60 Å². The molecule has 3 fully saturated rings. The topological polar surface area (TPSA) is 26.3 Å². The van der Waals surface area contributed by atoms with Gasteiger partial charge in [-0.15, -0.1) is 0 Å². The minimum atomic E-state index is -1.56. The van der Waals surface area contributed by atoms with Crippen LogP contribution in [0, 0.1) is 29.1 Å². The van der Waals surface area contributed by atoms with Gasteiger partial charge in [0.05, 0.1) is 5.60 Å². The molecule has 0 saturated heterocycles. The minimum absolute atomic E-state index is 0.117. The number of allylic oxidation sites excluding steroid dienone is 1. The molecule has 3 heteroatoms. The predicted molar refractivity (Wildman–Crippen MR) is 110 cm³/mol. The molecule has 4 rings (SSSR count). The first kappa shape index (κ1) is 18.9. The highest BCUT2D eigenvalue weighted by Crippen LogP contribution is 2.66. The molecular formula is C23H38O2Si. The third-order valence-electron chi connectivity index (χ3n) is 8.66. The van der Waals surface area contributed by atoms with Gasteiger partial charge >= 0.3 is 0 Å². The van der Waals surface area contributed by atoms with Crippen LogP contribution < -0.4 is 0 Å². The molecule has 0 bridgehead atoms. The number of fused-ring (bicyclic) bond motifs is 5. The van der Waals surface area contributed by atoms with Crippen molar-refractivity contribution in [3.63, 3.8) is 0 Å². The Bertz CT molecular complexity index is 618. The Kier molecular flexibility index (Phi) is 4.59. The van der Waals surface area contributed by atoms with Gasteiger partial charge in [0.25, 0.3) is 0 Å². The van der Waals surface area contributed by atoms with Gasteiger partial charge in [-0.25, -0.2) is 0 Å². The second kappa shape index (κ2) is 6.30. The van der Waals surface area contributed by atoms with Gasteiger partial charge < -0.3 is 4.43 Å². The maximum atomic E-state index is 11.9. The molecule has 0 radical (unpaired) electrons. The van der Waals surface area contributed by atoms with Crippen LogP contribution in [-0.4, -0.2) is 19.7 Å². The van der Waals surface area contributed by atoms with E-state index in [2.05, 4.69) is 33.5 Å². The van der Waals surface area contributed by atoms with Gasteiger partial charge in [0.2, 0.25) is 0 Å². The molecule has 4 aliphatic carbocycles. The molecule has 26 heavy (non-hydrogen) atoms. The van der Waals surface area contributed by atoms with Crippen LogP contribution in [0.4, 0.5) is 0 Å². The quantitative estimate of drug-likeness (QED) is 0.556. The number of carbonyl (C=O) groups is 1. The molecule has 0 amide bonds. The first-order chi connectivity index (χ1) is 12.2. The summed E-state index contributed by atoms with van der Waals surface area (Å²) in [7, 11) is -1.56. The van der Waals surface area contributed by atoms with Crippen LogP contribution in [0.25, 0.3) is 0 Å². The van der Waals surface area contributed by atoms with E-state index in [0.29, 0.717) is 17.1 Å². The van der Waals surface area contributed by atoms with E-state index in [1.807, 2.05) is 6.08 Å². The van der Waals surface area contributed by atoms with Gasteiger partial charge in [-0.1, -0.05) is 19.4 Å². The summed E-state index contributed by atoms with van der Waals surface area (Å²) in [5.74, 6) is 3.62. The summed E-state index contributed by atoms with van der Waals surface area (Å²) in [6.07, 6.45) is 12.9. The lowest BCUT2D eigenvalue weighted by Gasteiger charge is -2.57. The van der Waals surface area contributed by atoms with Crippen molar-refractivity contribution in [1.82, 2.24) is 0 Å². The number of carbonyl (C=O) groups excluding carboxylic acids is 1. The van der Waals surface area contributed by atoms with E-state index >= 15 is 0 Å². The zero-order chi connectivity index (χ0) is 18.7. The van der Waals surface area contributed by atoms with Gasteiger partial charge in [0.1, 0.15) is 0 Å². The lowest BCUT2D eigenvalue weighted by molar-refractivity contribution is -0.118. The summed E-state index contributed by atoms with van der Waals surface area (Å²) in [6, 6.07) is 0. The molecule has 0 N–H and O–H groups in total. The fourth-order valence-electron chi connectivity index (χ4n) is 7.68. The Morgan fingerprint density at radius 3 is 2.54 bits per heavy atom. The summed E-state index contributed by atoms with van der Waals surface area (Å²) in [5, 5.41) is 0. The van der Waals surface area contributed by atoms with Crippen molar-refractivity contribution < 1.29 is 9.22 Å². The highest BCUT2D eigenvalue weighted by Gasteiger charge is 2.63. The van der Waals surface area contributed by atoms with Crippen LogP contribution in [0.15, 0.2) is 11.6 Å². The zero-order valence-electron chi connectivity index (χ0n) is 17.6. The molecule has 3 saturated carbocycles. The van der Waals surface area contributed by atoms with Crippen molar-refractivity contribution in [2.75, 3.05) is 0 Å². The smallest absolute Gasteiger partial charge is 0.184 e. The van der Waals surface area contributed by atoms with Crippen molar-refractivity contribution in [3.05, 3.63) is 11.6 Å². The lowest BCUT2D eigenvalue weighted by atomic mass is 9.50. The summed E-state index contributed by atoms with van der Waals surface area (Å²) in [4.78, 5) is 11.9. The van der Waals surface area contributed by atoms with Gasteiger partial charge in [-0.2, -0.15) is 0 Å². The number of hydrogen-bond donors (Lipinski definition) is 0. The third kappa shape index (κ3) is 2.80. The van der Waals surface area contributed by atoms with Gasteiger partial charge in [-0.3, -0.25) is 4.79 Å². The fourth-order valence-corrected chi connectivity index (χ4v) is 9.33. The molecule has 146 valence electrons. The van der Waals surface area contributed by atoms with E-state index in [1.54, 1.807) is 0 Å². The first-order valence-electron chi connectivity index (χ1n) is 11.1. The van der Waals surface area contributed by atoms with Gasteiger partial charge in [-0.05, 0) is 106 Å². The monoisotopic (exact) mass is 374 g/mol. The van der Waals surface area contributed by atoms with Crippen molar-refractivity contribution in [3.8, 4) is 0 Å². The highest BCUT2D eigenvalue weighted by molar-refractivity contribution is 6.69. The highest BCUT2D eigenvalue weighted by atomic mass is 28.4. The molecular weight excluding hydrogens is 336 g/mol. The van der Waals surface area contributed by atoms with Gasteiger partial charge in [0.15, 0.2) is 14.1 Å². The minimum Gasteiger partial charge on any atom is -0.412 e. The van der Waals surface area contributed by atoms with Gasteiger partial charge in [0, 0.05) is 6.42 Å². The predicted octanol–water partition coefficient (Wildman–Crippen LogP) is 6.13. The molecule has 2 nitrogen and oxygen atoms in total. The third-order valence-corrected chi connectivity index (χ3v) is 9.67. The molecule has 0 unspecified atom stereocenters. The molecule has 0 spiro atoms. The van der Waals surface area contributed by atoms with Crippen molar-refractivity contribution in [2.45, 2.75) is 96.9 Å². The Hall–Kier alpha value is -0.413. The van der Waals surface area contributed by atoms with Crippen molar-refractivity contribution in [1.29, 1.82) is 0 Å². The van der Waals surface area contributed by atoms with Crippen LogP contribution >= 0.6 is 0 Å². The molecule has 0 aromatic rings. The van der Waals surface area contributed by atoms with E-state index in [1.165, 1.54) is 50.5 Å². The molecule has 0 aromatic heterocycles. The molecule has 4 aliphatic rings. The van der Waals surface area contributed by atoms with Crippen molar-refractivity contribution >= 4 is 14.1 Å². The fraction of sp³-hybridized carbons (Fsp3) is 0.870. The summed E-state index contributed by atoms with van der Waals surface area (Å²) in [5.41, 5.74) is 1.98. The normalized spacial score (nSPS) is 45.6. The van der Waals surface area contributed by atoms with E-state index in [9.17, 15) is 4.79 Å².